The zero-order valence-electron chi connectivity index (χ0n) is 27.8. The summed E-state index contributed by atoms with van der Waals surface area (Å²) in [6.07, 6.45) is 0. The van der Waals surface area contributed by atoms with E-state index < -0.39 is 0 Å². The van der Waals surface area contributed by atoms with Gasteiger partial charge in [0.15, 0.2) is 5.69 Å². The highest BCUT2D eigenvalue weighted by atomic mass is 14.6. The summed E-state index contributed by atoms with van der Waals surface area (Å²) in [6, 6.07) is 57.1. The highest BCUT2D eigenvalue weighted by Gasteiger charge is 2.24. The van der Waals surface area contributed by atoms with Crippen LogP contribution in [0.15, 0.2) is 152 Å². The second-order valence-corrected chi connectivity index (χ2v) is 13.4. The second kappa shape index (κ2) is 11.3. The molecular formula is C49H25N3. The summed E-state index contributed by atoms with van der Waals surface area (Å²) < 4.78 is 0. The molecule has 0 fully saturated rings. The van der Waals surface area contributed by atoms with Gasteiger partial charge in [-0.25, -0.2) is 4.85 Å². The lowest BCUT2D eigenvalue weighted by atomic mass is 9.85. The molecule has 0 bridgehead atoms. The van der Waals surface area contributed by atoms with E-state index in [0.717, 1.165) is 65.7 Å². The van der Waals surface area contributed by atoms with Crippen LogP contribution in [0.4, 0.5) is 5.69 Å². The van der Waals surface area contributed by atoms with E-state index in [0.29, 0.717) is 16.8 Å². The highest BCUT2D eigenvalue weighted by molar-refractivity contribution is 6.27. The second-order valence-electron chi connectivity index (χ2n) is 13.4. The van der Waals surface area contributed by atoms with Gasteiger partial charge in [-0.05, 0) is 159 Å². The average Bonchev–Trinajstić information content (AvgIpc) is 3.53. The zero-order chi connectivity index (χ0) is 34.9. The summed E-state index contributed by atoms with van der Waals surface area (Å²) in [7, 11) is 0. The molecule has 9 aromatic carbocycles. The fourth-order valence-corrected chi connectivity index (χ4v) is 8.19. The highest BCUT2D eigenvalue weighted by Crippen LogP contribution is 2.51. The van der Waals surface area contributed by atoms with Gasteiger partial charge in [0.05, 0.1) is 29.8 Å². The van der Waals surface area contributed by atoms with Gasteiger partial charge in [0.25, 0.3) is 0 Å². The van der Waals surface area contributed by atoms with E-state index in [9.17, 15) is 10.5 Å². The summed E-state index contributed by atoms with van der Waals surface area (Å²) in [4.78, 5) is 3.68. The maximum Gasteiger partial charge on any atom is 0.187 e. The molecule has 0 aliphatic heterocycles. The number of fused-ring (bicyclic) bond motifs is 8. The standard InChI is InChI=1S/C49H25N3/c1-52-36-8-2-7-34(21-36)35-19-20-37-42(22-35)40(31-15-11-29(27-50)12-16-31)24-47-43(37)23-41(32-17-13-30(28-51)14-18-32)46-25-44-38-9-3-5-33-6-4-10-39(49(33)38)45(44)26-48(46)47/h2-26H. The SMILES string of the molecule is [C-]#[N+]c1cccc(-c2ccc3c(c2)c(-c2ccc(C#N)cc2)cc2c4cc5c(cc4c(-c4ccc(C#N)cc4)cc32)-c2cccc3cccc-5c23)c1. The minimum Gasteiger partial charge on any atom is -0.238 e. The Morgan fingerprint density at radius 1 is 0.385 bits per heavy atom. The molecule has 0 spiro atoms. The first-order valence-corrected chi connectivity index (χ1v) is 17.1. The van der Waals surface area contributed by atoms with Crippen LogP contribution in [-0.4, -0.2) is 0 Å². The molecule has 1 aliphatic carbocycles. The van der Waals surface area contributed by atoms with Gasteiger partial charge in [0.1, 0.15) is 0 Å². The molecule has 0 amide bonds. The minimum atomic E-state index is 0.604. The molecule has 0 saturated heterocycles. The third kappa shape index (κ3) is 4.36. The van der Waals surface area contributed by atoms with E-state index in [1.165, 1.54) is 33.0 Å². The van der Waals surface area contributed by atoms with Gasteiger partial charge in [-0.15, -0.1) is 0 Å². The van der Waals surface area contributed by atoms with Crippen molar-refractivity contribution in [3.8, 4) is 67.8 Å². The number of benzene rings is 9. The molecule has 9 aromatic rings. The lowest BCUT2D eigenvalue weighted by Crippen LogP contribution is -1.91. The molecule has 0 radical (unpaired) electrons. The molecule has 0 aromatic heterocycles. The Morgan fingerprint density at radius 3 is 1.46 bits per heavy atom. The third-order valence-electron chi connectivity index (χ3n) is 10.6. The van der Waals surface area contributed by atoms with Crippen LogP contribution in [-0.2, 0) is 0 Å². The first-order chi connectivity index (χ1) is 25.6. The van der Waals surface area contributed by atoms with Gasteiger partial charge in [-0.3, -0.25) is 0 Å². The molecule has 1 aliphatic rings. The maximum absolute atomic E-state index is 9.60. The van der Waals surface area contributed by atoms with Crippen LogP contribution in [0, 0.1) is 29.2 Å². The number of rotatable bonds is 3. The van der Waals surface area contributed by atoms with Crippen LogP contribution in [0.5, 0.6) is 0 Å². The predicted octanol–water partition coefficient (Wildman–Crippen LogP) is 13.2. The van der Waals surface area contributed by atoms with Crippen molar-refractivity contribution < 1.29 is 0 Å². The van der Waals surface area contributed by atoms with Crippen LogP contribution < -0.4 is 0 Å². The van der Waals surface area contributed by atoms with E-state index >= 15 is 0 Å². The van der Waals surface area contributed by atoms with Crippen molar-refractivity contribution in [1.82, 2.24) is 0 Å². The first kappa shape index (κ1) is 29.4. The lowest BCUT2D eigenvalue weighted by Gasteiger charge is -2.18. The summed E-state index contributed by atoms with van der Waals surface area (Å²) in [5, 5.41) is 28.5. The minimum absolute atomic E-state index is 0.604. The van der Waals surface area contributed by atoms with Crippen LogP contribution in [0.2, 0.25) is 0 Å². The molecule has 52 heavy (non-hydrogen) atoms. The summed E-state index contributed by atoms with van der Waals surface area (Å²) in [5.74, 6) is 0. The maximum atomic E-state index is 9.60. The van der Waals surface area contributed by atoms with Gasteiger partial charge in [0.2, 0.25) is 0 Å². The lowest BCUT2D eigenvalue weighted by molar-refractivity contribution is 1.48. The molecule has 0 N–H and O–H groups in total. The topological polar surface area (TPSA) is 51.9 Å². The van der Waals surface area contributed by atoms with Gasteiger partial charge in [-0.2, -0.15) is 10.5 Å². The van der Waals surface area contributed by atoms with E-state index in [1.807, 2.05) is 60.7 Å². The van der Waals surface area contributed by atoms with Crippen molar-refractivity contribution in [2.75, 3.05) is 0 Å². The van der Waals surface area contributed by atoms with Gasteiger partial charge in [0, 0.05) is 0 Å². The number of hydrogen-bond acceptors (Lipinski definition) is 2. The van der Waals surface area contributed by atoms with Crippen LogP contribution in [0.25, 0.3) is 104 Å². The van der Waals surface area contributed by atoms with Crippen LogP contribution >= 0.6 is 0 Å². The molecule has 3 heteroatoms. The fourth-order valence-electron chi connectivity index (χ4n) is 8.19. The molecule has 10 rings (SSSR count). The predicted molar refractivity (Wildman–Crippen MR) is 213 cm³/mol. The first-order valence-electron chi connectivity index (χ1n) is 17.1. The monoisotopic (exact) mass is 655 g/mol. The molecule has 0 atom stereocenters. The van der Waals surface area contributed by atoms with Crippen molar-refractivity contribution in [1.29, 1.82) is 10.5 Å². The van der Waals surface area contributed by atoms with Crippen LogP contribution in [0.1, 0.15) is 11.1 Å². The Kier molecular flexibility index (Phi) is 6.37. The smallest absolute Gasteiger partial charge is 0.187 e. The Labute approximate surface area is 300 Å². The van der Waals surface area contributed by atoms with Crippen molar-refractivity contribution in [3.63, 3.8) is 0 Å². The average molecular weight is 656 g/mol. The molecule has 3 nitrogen and oxygen atoms in total. The molecule has 0 saturated carbocycles. The number of hydrogen-bond donors (Lipinski definition) is 0. The Hall–Kier alpha value is -7.51. The zero-order valence-corrected chi connectivity index (χ0v) is 27.8. The molecule has 236 valence electrons. The Bertz CT molecular complexity index is 3130. The van der Waals surface area contributed by atoms with E-state index in [-0.39, 0.29) is 0 Å². The summed E-state index contributed by atoms with van der Waals surface area (Å²) in [5.41, 5.74) is 13.1. The van der Waals surface area contributed by atoms with Gasteiger partial charge < -0.3 is 0 Å². The summed E-state index contributed by atoms with van der Waals surface area (Å²) >= 11 is 0. The molecule has 0 heterocycles. The number of nitrogens with zero attached hydrogens (tertiary/aromatic N) is 3. The van der Waals surface area contributed by atoms with Crippen molar-refractivity contribution >= 4 is 48.8 Å². The third-order valence-corrected chi connectivity index (χ3v) is 10.6. The number of nitriles is 2. The van der Waals surface area contributed by atoms with Crippen molar-refractivity contribution in [3.05, 3.63) is 174 Å². The Morgan fingerprint density at radius 2 is 0.865 bits per heavy atom. The normalized spacial score (nSPS) is 11.4. The van der Waals surface area contributed by atoms with E-state index in [2.05, 4.69) is 108 Å². The quantitative estimate of drug-likeness (QED) is 0.140. The summed E-state index contributed by atoms with van der Waals surface area (Å²) in [6.45, 7) is 7.59. The van der Waals surface area contributed by atoms with E-state index in [4.69, 9.17) is 6.57 Å². The van der Waals surface area contributed by atoms with Gasteiger partial charge in [-0.1, -0.05) is 91.0 Å². The Balaban J connectivity index is 1.35. The fraction of sp³-hybridized carbons (Fsp3) is 0. The largest absolute Gasteiger partial charge is 0.238 e. The van der Waals surface area contributed by atoms with Gasteiger partial charge >= 0.3 is 0 Å². The van der Waals surface area contributed by atoms with Crippen molar-refractivity contribution in [2.45, 2.75) is 0 Å². The molecular weight excluding hydrogens is 631 g/mol. The van der Waals surface area contributed by atoms with Crippen LogP contribution in [0.3, 0.4) is 0 Å². The molecule has 0 unspecified atom stereocenters. The van der Waals surface area contributed by atoms with E-state index in [1.54, 1.807) is 0 Å². The van der Waals surface area contributed by atoms with Crippen molar-refractivity contribution in [2.24, 2.45) is 0 Å².